The van der Waals surface area contributed by atoms with Crippen molar-refractivity contribution in [3.05, 3.63) is 83.3 Å². The molecule has 1 aliphatic rings. The molecule has 0 bridgehead atoms. The van der Waals surface area contributed by atoms with Gasteiger partial charge in [0, 0.05) is 56.2 Å². The molecule has 0 aliphatic carbocycles. The lowest BCUT2D eigenvalue weighted by atomic mass is 10.1. The second kappa shape index (κ2) is 10.4. The summed E-state index contributed by atoms with van der Waals surface area (Å²) in [6.07, 6.45) is 0. The molecule has 2 amide bonds. The third-order valence-electron chi connectivity index (χ3n) is 5.90. The smallest absolute Gasteiger partial charge is 0.254 e. The van der Waals surface area contributed by atoms with E-state index in [1.165, 1.54) is 0 Å². The van der Waals surface area contributed by atoms with E-state index < -0.39 is 6.04 Å². The molecule has 8 nitrogen and oxygen atoms in total. The fraction of sp³-hybridized carbons (Fsp3) is 0.308. The number of carbonyl (C=O) groups excluding carboxylic acids is 2. The van der Waals surface area contributed by atoms with Crippen LogP contribution in [0.2, 0.25) is 0 Å². The number of anilines is 2. The van der Waals surface area contributed by atoms with Gasteiger partial charge >= 0.3 is 0 Å². The molecule has 3 aromatic rings. The Balaban J connectivity index is 1.48. The average molecular weight is 459 g/mol. The van der Waals surface area contributed by atoms with Crippen molar-refractivity contribution in [2.75, 3.05) is 32.0 Å². The SMILES string of the molecule is CNC(=O)[C@@H]1CN(C(=O)c2cccc(Nc3cc(C)nc(C)n3)c2)CCN1Cc1ccccc1. The number of piperazine rings is 1. The van der Waals surface area contributed by atoms with Crippen molar-refractivity contribution in [3.8, 4) is 0 Å². The van der Waals surface area contributed by atoms with Crippen molar-refractivity contribution >= 4 is 23.3 Å². The number of nitrogens with zero attached hydrogens (tertiary/aromatic N) is 4. The number of rotatable bonds is 6. The van der Waals surface area contributed by atoms with Crippen LogP contribution in [0.4, 0.5) is 11.5 Å². The molecule has 34 heavy (non-hydrogen) atoms. The Morgan fingerprint density at radius 1 is 1.00 bits per heavy atom. The molecule has 0 spiro atoms. The highest BCUT2D eigenvalue weighted by Crippen LogP contribution is 2.20. The van der Waals surface area contributed by atoms with E-state index in [9.17, 15) is 9.59 Å². The molecule has 2 heterocycles. The molecule has 4 rings (SSSR count). The van der Waals surface area contributed by atoms with Crippen LogP contribution in [0.25, 0.3) is 0 Å². The van der Waals surface area contributed by atoms with Gasteiger partial charge in [-0.05, 0) is 37.6 Å². The maximum absolute atomic E-state index is 13.4. The van der Waals surface area contributed by atoms with Gasteiger partial charge in [-0.1, -0.05) is 36.4 Å². The molecule has 1 fully saturated rings. The number of carbonyl (C=O) groups is 2. The molecule has 2 aromatic carbocycles. The number of hydrogen-bond donors (Lipinski definition) is 2. The topological polar surface area (TPSA) is 90.5 Å². The third-order valence-corrected chi connectivity index (χ3v) is 5.90. The van der Waals surface area contributed by atoms with Crippen molar-refractivity contribution in [2.24, 2.45) is 0 Å². The van der Waals surface area contributed by atoms with Gasteiger partial charge in [-0.25, -0.2) is 9.97 Å². The molecule has 1 aromatic heterocycles. The third kappa shape index (κ3) is 5.58. The van der Waals surface area contributed by atoms with E-state index in [1.54, 1.807) is 18.0 Å². The summed E-state index contributed by atoms with van der Waals surface area (Å²) in [7, 11) is 1.63. The van der Waals surface area contributed by atoms with E-state index in [2.05, 4.69) is 37.6 Å². The summed E-state index contributed by atoms with van der Waals surface area (Å²) in [6.45, 7) is 5.95. The zero-order valence-electron chi connectivity index (χ0n) is 19.8. The lowest BCUT2D eigenvalue weighted by Crippen LogP contribution is -2.59. The predicted octanol–water partition coefficient (Wildman–Crippen LogP) is 2.91. The second-order valence-corrected chi connectivity index (χ2v) is 8.48. The Labute approximate surface area is 200 Å². The summed E-state index contributed by atoms with van der Waals surface area (Å²) in [5, 5.41) is 6.01. The summed E-state index contributed by atoms with van der Waals surface area (Å²) >= 11 is 0. The molecule has 2 N–H and O–H groups in total. The number of benzene rings is 2. The lowest BCUT2D eigenvalue weighted by Gasteiger charge is -2.40. The minimum atomic E-state index is -0.406. The van der Waals surface area contributed by atoms with Gasteiger partial charge in [-0.2, -0.15) is 0 Å². The zero-order valence-corrected chi connectivity index (χ0v) is 19.8. The van der Waals surface area contributed by atoms with Crippen LogP contribution < -0.4 is 10.6 Å². The van der Waals surface area contributed by atoms with Gasteiger partial charge < -0.3 is 15.5 Å². The number of aryl methyl sites for hydroxylation is 2. The average Bonchev–Trinajstić information content (AvgIpc) is 2.83. The number of amides is 2. The highest BCUT2D eigenvalue weighted by Gasteiger charge is 2.34. The quantitative estimate of drug-likeness (QED) is 0.590. The van der Waals surface area contributed by atoms with Gasteiger partial charge in [0.15, 0.2) is 0 Å². The molecule has 1 atom stereocenters. The first-order valence-electron chi connectivity index (χ1n) is 11.4. The molecule has 0 radical (unpaired) electrons. The first-order valence-corrected chi connectivity index (χ1v) is 11.4. The Kier molecular flexibility index (Phi) is 7.18. The fourth-order valence-electron chi connectivity index (χ4n) is 4.27. The van der Waals surface area contributed by atoms with Crippen LogP contribution >= 0.6 is 0 Å². The first kappa shape index (κ1) is 23.4. The van der Waals surface area contributed by atoms with Crippen molar-refractivity contribution < 1.29 is 9.59 Å². The lowest BCUT2D eigenvalue weighted by molar-refractivity contribution is -0.128. The van der Waals surface area contributed by atoms with E-state index in [1.807, 2.05) is 56.3 Å². The van der Waals surface area contributed by atoms with Gasteiger partial charge in [0.25, 0.3) is 5.91 Å². The van der Waals surface area contributed by atoms with Crippen molar-refractivity contribution in [1.29, 1.82) is 0 Å². The Morgan fingerprint density at radius 2 is 1.79 bits per heavy atom. The van der Waals surface area contributed by atoms with Gasteiger partial charge in [-0.3, -0.25) is 14.5 Å². The fourth-order valence-corrected chi connectivity index (χ4v) is 4.27. The van der Waals surface area contributed by atoms with Crippen molar-refractivity contribution in [1.82, 2.24) is 25.1 Å². The summed E-state index contributed by atoms with van der Waals surface area (Å²) < 4.78 is 0. The first-order chi connectivity index (χ1) is 16.4. The molecule has 176 valence electrons. The van der Waals surface area contributed by atoms with Gasteiger partial charge in [0.1, 0.15) is 17.7 Å². The summed E-state index contributed by atoms with van der Waals surface area (Å²) in [5.74, 6) is 1.19. The second-order valence-electron chi connectivity index (χ2n) is 8.48. The largest absolute Gasteiger partial charge is 0.358 e. The minimum absolute atomic E-state index is 0.0849. The van der Waals surface area contributed by atoms with Crippen LogP contribution in [-0.2, 0) is 11.3 Å². The van der Waals surface area contributed by atoms with Crippen LogP contribution in [0.3, 0.4) is 0 Å². The molecular weight excluding hydrogens is 428 g/mol. The number of likely N-dealkylation sites (N-methyl/N-ethyl adjacent to an activating group) is 1. The number of nitrogens with one attached hydrogen (secondary N) is 2. The summed E-state index contributed by atoms with van der Waals surface area (Å²) in [4.78, 5) is 38.6. The Bertz CT molecular complexity index is 1150. The van der Waals surface area contributed by atoms with E-state index in [0.717, 1.165) is 16.9 Å². The number of aromatic nitrogens is 2. The van der Waals surface area contributed by atoms with Gasteiger partial charge in [-0.15, -0.1) is 0 Å². The number of hydrogen-bond acceptors (Lipinski definition) is 6. The van der Waals surface area contributed by atoms with Crippen LogP contribution in [-0.4, -0.2) is 64.3 Å². The van der Waals surface area contributed by atoms with Gasteiger partial charge in [0.2, 0.25) is 5.91 Å². The standard InChI is InChI=1S/C26H30N6O2/c1-18-14-24(29-19(2)28-18)30-22-11-7-10-21(15-22)26(34)32-13-12-31(23(17-32)25(33)27-3)16-20-8-5-4-6-9-20/h4-11,14-15,23H,12-13,16-17H2,1-3H3,(H,27,33)(H,28,29,30)/t23-/m0/s1. The van der Waals surface area contributed by atoms with E-state index in [4.69, 9.17) is 0 Å². The summed E-state index contributed by atoms with van der Waals surface area (Å²) in [5.41, 5.74) is 3.36. The van der Waals surface area contributed by atoms with Crippen LogP contribution in [0, 0.1) is 13.8 Å². The van der Waals surface area contributed by atoms with E-state index in [0.29, 0.717) is 43.4 Å². The van der Waals surface area contributed by atoms with Crippen LogP contribution in [0.1, 0.15) is 27.4 Å². The molecule has 0 saturated carbocycles. The van der Waals surface area contributed by atoms with Crippen molar-refractivity contribution in [2.45, 2.75) is 26.4 Å². The predicted molar refractivity (Wildman–Crippen MR) is 132 cm³/mol. The highest BCUT2D eigenvalue weighted by molar-refractivity contribution is 5.96. The molecule has 1 aliphatic heterocycles. The minimum Gasteiger partial charge on any atom is -0.358 e. The van der Waals surface area contributed by atoms with E-state index >= 15 is 0 Å². The maximum Gasteiger partial charge on any atom is 0.254 e. The van der Waals surface area contributed by atoms with Crippen molar-refractivity contribution in [3.63, 3.8) is 0 Å². The molecule has 1 saturated heterocycles. The Morgan fingerprint density at radius 3 is 2.53 bits per heavy atom. The normalized spacial score (nSPS) is 16.2. The molecule has 0 unspecified atom stereocenters. The summed E-state index contributed by atoms with van der Waals surface area (Å²) in [6, 6.07) is 18.9. The zero-order chi connectivity index (χ0) is 24.1. The van der Waals surface area contributed by atoms with Crippen LogP contribution in [0.5, 0.6) is 0 Å². The van der Waals surface area contributed by atoms with E-state index in [-0.39, 0.29) is 11.8 Å². The highest BCUT2D eigenvalue weighted by atomic mass is 16.2. The monoisotopic (exact) mass is 458 g/mol. The Hall–Kier alpha value is -3.78. The van der Waals surface area contributed by atoms with Crippen LogP contribution in [0.15, 0.2) is 60.7 Å². The maximum atomic E-state index is 13.4. The molecule has 8 heteroatoms. The van der Waals surface area contributed by atoms with Gasteiger partial charge in [0.05, 0.1) is 0 Å². The molecular formula is C26H30N6O2.